The topological polar surface area (TPSA) is 3.01 Å². The maximum Gasteiger partial charge on any atom is 0.143 e. The Labute approximate surface area is 30.4 Å². The molecule has 1 rings (SSSR count). The Kier molecular flexibility index (Phi) is 0.580. The van der Waals surface area contributed by atoms with Gasteiger partial charge in [0.25, 0.3) is 0 Å². The van der Waals surface area contributed by atoms with E-state index in [0.717, 1.165) is 13.1 Å². The quantitative estimate of drug-likeness (QED) is 0.318. The van der Waals surface area contributed by atoms with Gasteiger partial charge in [0.15, 0.2) is 0 Å². The van der Waals surface area contributed by atoms with Crippen LogP contribution in [0, 0.1) is 0 Å². The Morgan fingerprint density at radius 2 is 2.20 bits per heavy atom. The summed E-state index contributed by atoms with van der Waals surface area (Å²) < 4.78 is 11.1. The molecule has 0 amide bonds. The van der Waals surface area contributed by atoms with Crippen LogP contribution in [0.4, 0.5) is 4.39 Å². The molecular formula is C3H6FN. The molecule has 0 atom stereocenters. The smallest absolute Gasteiger partial charge is 0.143 e. The lowest BCUT2D eigenvalue weighted by molar-refractivity contribution is 0.344. The van der Waals surface area contributed by atoms with Gasteiger partial charge in [-0.2, -0.15) is 0 Å². The summed E-state index contributed by atoms with van der Waals surface area (Å²) in [7, 11) is 0. The Bertz CT molecular complexity index is 33.9. The van der Waals surface area contributed by atoms with Gasteiger partial charge < -0.3 is 0 Å². The number of alkyl halides is 1. The summed E-state index contributed by atoms with van der Waals surface area (Å²) in [5.41, 5.74) is 0. The van der Waals surface area contributed by atoms with Crippen molar-refractivity contribution in [2.45, 2.75) is 0 Å². The first-order valence-corrected chi connectivity index (χ1v) is 1.72. The van der Waals surface area contributed by atoms with Gasteiger partial charge >= 0.3 is 0 Å². The lowest BCUT2D eigenvalue weighted by atomic mass is 11.0. The Balaban J connectivity index is 2.00. The molecule has 5 heavy (non-hydrogen) atoms. The molecule has 1 nitrogen and oxygen atoms in total. The third kappa shape index (κ3) is 0.581. The average molecular weight is 75.1 g/mol. The van der Waals surface area contributed by atoms with Gasteiger partial charge in [-0.25, -0.2) is 4.39 Å². The number of halogens is 1. The zero-order valence-electron chi connectivity index (χ0n) is 2.95. The van der Waals surface area contributed by atoms with Gasteiger partial charge in [-0.1, -0.05) is 0 Å². The monoisotopic (exact) mass is 75.0 g/mol. The van der Waals surface area contributed by atoms with Gasteiger partial charge in [0, 0.05) is 13.1 Å². The lowest BCUT2D eigenvalue weighted by Gasteiger charge is -1.78. The van der Waals surface area contributed by atoms with Crippen molar-refractivity contribution < 1.29 is 4.39 Å². The van der Waals surface area contributed by atoms with Crippen LogP contribution in [0.2, 0.25) is 0 Å². The van der Waals surface area contributed by atoms with E-state index in [1.165, 1.54) is 0 Å². The predicted octanol–water partition coefficient (Wildman–Crippen LogP) is 0.229. The summed E-state index contributed by atoms with van der Waals surface area (Å²) in [5.74, 6) is 0. The van der Waals surface area contributed by atoms with Crippen molar-refractivity contribution in [1.29, 1.82) is 0 Å². The van der Waals surface area contributed by atoms with Gasteiger partial charge in [0.1, 0.15) is 6.80 Å². The van der Waals surface area contributed by atoms with E-state index in [1.807, 2.05) is 0 Å². The first-order valence-electron chi connectivity index (χ1n) is 1.72. The van der Waals surface area contributed by atoms with Crippen LogP contribution in [-0.2, 0) is 0 Å². The molecule has 30 valence electrons. The van der Waals surface area contributed by atoms with Crippen LogP contribution in [0.3, 0.4) is 0 Å². The van der Waals surface area contributed by atoms with Crippen LogP contribution in [0.15, 0.2) is 0 Å². The molecule has 2 heteroatoms. The highest BCUT2D eigenvalue weighted by Crippen LogP contribution is 1.99. The highest BCUT2D eigenvalue weighted by atomic mass is 19.1. The minimum absolute atomic E-state index is 0.250. The second-order valence-electron chi connectivity index (χ2n) is 1.24. The van der Waals surface area contributed by atoms with Crippen LogP contribution in [0.25, 0.3) is 0 Å². The van der Waals surface area contributed by atoms with E-state index in [9.17, 15) is 4.39 Å². The molecule has 0 saturated carbocycles. The van der Waals surface area contributed by atoms with E-state index in [1.54, 1.807) is 4.90 Å². The fourth-order valence-electron chi connectivity index (χ4n) is 0.190. The molecule has 0 aliphatic carbocycles. The molecule has 1 saturated heterocycles. The summed E-state index contributed by atoms with van der Waals surface area (Å²) >= 11 is 0. The number of rotatable bonds is 1. The second-order valence-corrected chi connectivity index (χ2v) is 1.24. The van der Waals surface area contributed by atoms with Crippen molar-refractivity contribution in [3.63, 3.8) is 0 Å². The maximum absolute atomic E-state index is 11.1. The second kappa shape index (κ2) is 0.937. The SMILES string of the molecule is FCN1CC1. The van der Waals surface area contributed by atoms with Gasteiger partial charge in [0.2, 0.25) is 0 Å². The maximum atomic E-state index is 11.1. The average Bonchev–Trinajstić information content (AvgIpc) is 2.12. The van der Waals surface area contributed by atoms with Crippen LogP contribution in [0.5, 0.6) is 0 Å². The molecule has 1 fully saturated rings. The molecule has 1 aliphatic rings. The molecule has 0 bridgehead atoms. The summed E-state index contributed by atoms with van der Waals surface area (Å²) in [5, 5.41) is 0. The normalized spacial score (nSPS) is 23.4. The van der Waals surface area contributed by atoms with E-state index in [-0.39, 0.29) is 6.80 Å². The van der Waals surface area contributed by atoms with Gasteiger partial charge in [0.05, 0.1) is 0 Å². The summed E-state index contributed by atoms with van der Waals surface area (Å²) in [6.45, 7) is 1.69. The fourth-order valence-corrected chi connectivity index (χ4v) is 0.190. The van der Waals surface area contributed by atoms with Crippen molar-refractivity contribution in [3.8, 4) is 0 Å². The van der Waals surface area contributed by atoms with Gasteiger partial charge in [-0.15, -0.1) is 0 Å². The molecule has 0 spiro atoms. The molecular weight excluding hydrogens is 69.0 g/mol. The van der Waals surface area contributed by atoms with Crippen molar-refractivity contribution in [2.75, 3.05) is 19.9 Å². The minimum atomic E-state index is -0.250. The van der Waals surface area contributed by atoms with Crippen LogP contribution >= 0.6 is 0 Å². The number of hydrogen-bond acceptors (Lipinski definition) is 1. The molecule has 0 aromatic rings. The largest absolute Gasteiger partial charge is 0.274 e. The van der Waals surface area contributed by atoms with Gasteiger partial charge in [-0.3, -0.25) is 4.90 Å². The van der Waals surface area contributed by atoms with E-state index >= 15 is 0 Å². The Morgan fingerprint density at radius 3 is 2.20 bits per heavy atom. The standard InChI is InChI=1S/C3H6FN/c4-3-5-1-2-5/h1-3H2. The molecule has 1 heterocycles. The van der Waals surface area contributed by atoms with Crippen LogP contribution in [-0.4, -0.2) is 24.8 Å². The highest BCUT2D eigenvalue weighted by Gasteiger charge is 2.14. The summed E-state index contributed by atoms with van der Waals surface area (Å²) in [4.78, 5) is 1.71. The van der Waals surface area contributed by atoms with E-state index in [0.29, 0.717) is 0 Å². The summed E-state index contributed by atoms with van der Waals surface area (Å²) in [6, 6.07) is 0. The van der Waals surface area contributed by atoms with Gasteiger partial charge in [-0.05, 0) is 0 Å². The number of hydrogen-bond donors (Lipinski definition) is 0. The molecule has 0 unspecified atom stereocenters. The van der Waals surface area contributed by atoms with E-state index < -0.39 is 0 Å². The lowest BCUT2D eigenvalue weighted by Crippen LogP contribution is -1.88. The predicted molar refractivity (Wildman–Crippen MR) is 17.5 cm³/mol. The highest BCUT2D eigenvalue weighted by molar-refractivity contribution is 4.66. The summed E-state index contributed by atoms with van der Waals surface area (Å²) in [6.07, 6.45) is 0. The first kappa shape index (κ1) is 3.09. The van der Waals surface area contributed by atoms with E-state index in [2.05, 4.69) is 0 Å². The number of nitrogens with zero attached hydrogens (tertiary/aromatic N) is 1. The van der Waals surface area contributed by atoms with Crippen molar-refractivity contribution in [1.82, 2.24) is 4.90 Å². The molecule has 0 N–H and O–H groups in total. The molecule has 0 aromatic carbocycles. The minimum Gasteiger partial charge on any atom is -0.274 e. The first-order chi connectivity index (χ1) is 2.43. The molecule has 0 aromatic heterocycles. The third-order valence-corrected chi connectivity index (χ3v) is 0.709. The molecule has 0 radical (unpaired) electrons. The van der Waals surface area contributed by atoms with E-state index in [4.69, 9.17) is 0 Å². The van der Waals surface area contributed by atoms with Crippen molar-refractivity contribution in [2.24, 2.45) is 0 Å². The van der Waals surface area contributed by atoms with Crippen LogP contribution < -0.4 is 0 Å². The van der Waals surface area contributed by atoms with Crippen LogP contribution in [0.1, 0.15) is 0 Å². The Morgan fingerprint density at radius 1 is 1.60 bits per heavy atom. The molecule has 1 aliphatic heterocycles. The van der Waals surface area contributed by atoms with Crippen molar-refractivity contribution >= 4 is 0 Å². The third-order valence-electron chi connectivity index (χ3n) is 0.709. The van der Waals surface area contributed by atoms with Crippen molar-refractivity contribution in [3.05, 3.63) is 0 Å². The fraction of sp³-hybridized carbons (Fsp3) is 1.00. The zero-order chi connectivity index (χ0) is 3.70. The zero-order valence-corrected chi connectivity index (χ0v) is 2.95. The Hall–Kier alpha value is -0.110.